The summed E-state index contributed by atoms with van der Waals surface area (Å²) in [6, 6.07) is 10.3. The van der Waals surface area contributed by atoms with E-state index in [-0.39, 0.29) is 24.2 Å². The van der Waals surface area contributed by atoms with Gasteiger partial charge in [-0.3, -0.25) is 14.5 Å². The summed E-state index contributed by atoms with van der Waals surface area (Å²) in [5, 5.41) is 2.96. The fourth-order valence-electron chi connectivity index (χ4n) is 3.63. The van der Waals surface area contributed by atoms with Crippen LogP contribution >= 0.6 is 23.1 Å². The predicted molar refractivity (Wildman–Crippen MR) is 132 cm³/mol. The van der Waals surface area contributed by atoms with Gasteiger partial charge in [0.1, 0.15) is 5.00 Å². The number of anilines is 1. The minimum atomic E-state index is -0.474. The van der Waals surface area contributed by atoms with Crippen LogP contribution in [0.4, 0.5) is 5.00 Å². The van der Waals surface area contributed by atoms with Gasteiger partial charge in [-0.25, -0.2) is 4.79 Å². The molecule has 9 heteroatoms. The molecule has 1 N–H and O–H groups in total. The maximum Gasteiger partial charge on any atom is 0.341 e. The van der Waals surface area contributed by atoms with Gasteiger partial charge in [0.15, 0.2) is 0 Å². The van der Waals surface area contributed by atoms with Gasteiger partial charge in [0.05, 0.1) is 29.8 Å². The summed E-state index contributed by atoms with van der Waals surface area (Å²) in [6.45, 7) is 8.19. The van der Waals surface area contributed by atoms with Crippen molar-refractivity contribution < 1.29 is 23.9 Å². The van der Waals surface area contributed by atoms with Crippen molar-refractivity contribution in [2.45, 2.75) is 45.5 Å². The molecule has 1 unspecified atom stereocenters. The zero-order chi connectivity index (χ0) is 23.8. The average molecular weight is 491 g/mol. The number of amides is 1. The number of carbonyl (C=O) groups excluding carboxylic acids is 3. The number of esters is 2. The topological polar surface area (TPSA) is 84.9 Å². The molecule has 2 aromatic rings. The van der Waals surface area contributed by atoms with Gasteiger partial charge in [0.2, 0.25) is 5.91 Å². The maximum atomic E-state index is 12.8. The second kappa shape index (κ2) is 12.2. The molecule has 7 nitrogen and oxygen atoms in total. The van der Waals surface area contributed by atoms with Crippen molar-refractivity contribution in [2.75, 3.05) is 30.8 Å². The van der Waals surface area contributed by atoms with Crippen molar-refractivity contribution in [3.63, 3.8) is 0 Å². The SMILES string of the molecule is CCOC(=O)CSC(C)C(=O)Nc1sc2c(c1C(=O)OCC)CCN(Cc1ccccc1)C2. The van der Waals surface area contributed by atoms with Gasteiger partial charge >= 0.3 is 11.9 Å². The molecular formula is C24H30N2O5S2. The zero-order valence-corrected chi connectivity index (χ0v) is 20.9. The number of thioether (sulfide) groups is 1. The number of ether oxygens (including phenoxy) is 2. The number of rotatable bonds is 10. The van der Waals surface area contributed by atoms with Crippen molar-refractivity contribution in [3.05, 3.63) is 51.9 Å². The standard InChI is InChI=1S/C24H30N2O5S2/c1-4-30-20(27)15-32-16(3)22(28)25-23-21(24(29)31-5-2)18-11-12-26(14-19(18)33-23)13-17-9-7-6-8-10-17/h6-10,16H,4-5,11-15H2,1-3H3,(H,25,28). The summed E-state index contributed by atoms with van der Waals surface area (Å²) >= 11 is 2.64. The van der Waals surface area contributed by atoms with Gasteiger partial charge in [-0.2, -0.15) is 0 Å². The monoisotopic (exact) mass is 490 g/mol. The van der Waals surface area contributed by atoms with E-state index in [1.54, 1.807) is 20.8 Å². The van der Waals surface area contributed by atoms with Crippen LogP contribution in [0.2, 0.25) is 0 Å². The molecule has 1 amide bonds. The van der Waals surface area contributed by atoms with Gasteiger partial charge in [-0.05, 0) is 38.3 Å². The molecule has 178 valence electrons. The van der Waals surface area contributed by atoms with E-state index in [1.165, 1.54) is 28.7 Å². The minimum Gasteiger partial charge on any atom is -0.465 e. The van der Waals surface area contributed by atoms with Gasteiger partial charge in [-0.15, -0.1) is 23.1 Å². The predicted octanol–water partition coefficient (Wildman–Crippen LogP) is 4.11. The molecule has 2 heterocycles. The van der Waals surface area contributed by atoms with Gasteiger partial charge < -0.3 is 14.8 Å². The van der Waals surface area contributed by atoms with Gasteiger partial charge in [0.25, 0.3) is 0 Å². The third-order valence-corrected chi connectivity index (χ3v) is 7.48. The summed E-state index contributed by atoms with van der Waals surface area (Å²) in [5.41, 5.74) is 2.67. The first kappa shape index (κ1) is 25.3. The highest BCUT2D eigenvalue weighted by Gasteiger charge is 2.30. The van der Waals surface area contributed by atoms with Crippen LogP contribution in [0.1, 0.15) is 47.1 Å². The Morgan fingerprint density at radius 2 is 1.88 bits per heavy atom. The number of thiophene rings is 1. The number of nitrogens with zero attached hydrogens (tertiary/aromatic N) is 1. The molecule has 1 atom stereocenters. The molecule has 33 heavy (non-hydrogen) atoms. The largest absolute Gasteiger partial charge is 0.465 e. The normalized spacial score (nSPS) is 14.3. The van der Waals surface area contributed by atoms with Crippen LogP contribution in [0.15, 0.2) is 30.3 Å². The van der Waals surface area contributed by atoms with Crippen LogP contribution < -0.4 is 5.32 Å². The van der Waals surface area contributed by atoms with Crippen molar-refractivity contribution in [2.24, 2.45) is 0 Å². The molecule has 0 fully saturated rings. The summed E-state index contributed by atoms with van der Waals surface area (Å²) < 4.78 is 10.2. The fraction of sp³-hybridized carbons (Fsp3) is 0.458. The quantitative estimate of drug-likeness (QED) is 0.502. The first-order valence-corrected chi connectivity index (χ1v) is 12.9. The number of fused-ring (bicyclic) bond motifs is 1. The molecule has 0 spiro atoms. The van der Waals surface area contributed by atoms with Crippen LogP contribution in [-0.4, -0.2) is 53.5 Å². The summed E-state index contributed by atoms with van der Waals surface area (Å²) in [6.07, 6.45) is 0.718. The maximum absolute atomic E-state index is 12.8. The van der Waals surface area contributed by atoms with Gasteiger partial charge in [0, 0.05) is 24.5 Å². The Bertz CT molecular complexity index is 977. The fourth-order valence-corrected chi connectivity index (χ4v) is 5.59. The molecule has 3 rings (SSSR count). The molecule has 1 aliphatic rings. The second-order valence-corrected chi connectivity index (χ2v) is 10.1. The zero-order valence-electron chi connectivity index (χ0n) is 19.2. The number of carbonyl (C=O) groups is 3. The number of benzene rings is 1. The van der Waals surface area contributed by atoms with Crippen LogP contribution in [0, 0.1) is 0 Å². The Morgan fingerprint density at radius 3 is 2.58 bits per heavy atom. The molecule has 0 saturated heterocycles. The number of hydrogen-bond acceptors (Lipinski definition) is 8. The smallest absolute Gasteiger partial charge is 0.341 e. The van der Waals surface area contributed by atoms with Crippen molar-refractivity contribution in [1.82, 2.24) is 4.90 Å². The van der Waals surface area contributed by atoms with E-state index in [2.05, 4.69) is 22.3 Å². The Morgan fingerprint density at radius 1 is 1.15 bits per heavy atom. The van der Waals surface area contributed by atoms with E-state index in [9.17, 15) is 14.4 Å². The van der Waals surface area contributed by atoms with Crippen LogP contribution in [0.5, 0.6) is 0 Å². The van der Waals surface area contributed by atoms with Crippen molar-refractivity contribution in [1.29, 1.82) is 0 Å². The molecular weight excluding hydrogens is 460 g/mol. The molecule has 1 aromatic heterocycles. The number of nitrogens with one attached hydrogen (secondary N) is 1. The second-order valence-electron chi connectivity index (χ2n) is 7.62. The lowest BCUT2D eigenvalue weighted by atomic mass is 10.0. The van der Waals surface area contributed by atoms with E-state index in [1.807, 2.05) is 18.2 Å². The highest BCUT2D eigenvalue weighted by molar-refractivity contribution is 8.01. The number of hydrogen-bond donors (Lipinski definition) is 1. The lowest BCUT2D eigenvalue weighted by Crippen LogP contribution is -2.30. The van der Waals surface area contributed by atoms with Crippen LogP contribution in [-0.2, 0) is 38.6 Å². The van der Waals surface area contributed by atoms with E-state index in [0.717, 1.165) is 30.0 Å². The lowest BCUT2D eigenvalue weighted by molar-refractivity contribution is -0.139. The van der Waals surface area contributed by atoms with Crippen molar-refractivity contribution in [3.8, 4) is 0 Å². The van der Waals surface area contributed by atoms with Crippen LogP contribution in [0.3, 0.4) is 0 Å². The minimum absolute atomic E-state index is 0.0997. The molecule has 0 bridgehead atoms. The molecule has 1 aromatic carbocycles. The molecule has 0 aliphatic carbocycles. The lowest BCUT2D eigenvalue weighted by Gasteiger charge is -2.27. The first-order chi connectivity index (χ1) is 15.9. The molecule has 0 saturated carbocycles. The van der Waals surface area contributed by atoms with E-state index < -0.39 is 11.2 Å². The summed E-state index contributed by atoms with van der Waals surface area (Å²) in [7, 11) is 0. The Hall–Kier alpha value is -2.36. The highest BCUT2D eigenvalue weighted by Crippen LogP contribution is 2.38. The summed E-state index contributed by atoms with van der Waals surface area (Å²) in [5.74, 6) is -0.912. The first-order valence-electron chi connectivity index (χ1n) is 11.1. The molecule has 1 aliphatic heterocycles. The van der Waals surface area contributed by atoms with E-state index in [0.29, 0.717) is 23.7 Å². The van der Waals surface area contributed by atoms with E-state index in [4.69, 9.17) is 9.47 Å². The Balaban J connectivity index is 1.74. The van der Waals surface area contributed by atoms with Crippen LogP contribution in [0.25, 0.3) is 0 Å². The molecule has 0 radical (unpaired) electrons. The summed E-state index contributed by atoms with van der Waals surface area (Å²) in [4.78, 5) is 40.6. The van der Waals surface area contributed by atoms with Gasteiger partial charge in [-0.1, -0.05) is 30.3 Å². The van der Waals surface area contributed by atoms with Crippen molar-refractivity contribution >= 4 is 45.9 Å². The Kier molecular flexibility index (Phi) is 9.34. The third-order valence-electron chi connectivity index (χ3n) is 5.23. The van der Waals surface area contributed by atoms with E-state index >= 15 is 0 Å². The Labute approximate surface area is 202 Å². The average Bonchev–Trinajstić information content (AvgIpc) is 3.15. The highest BCUT2D eigenvalue weighted by atomic mass is 32.2. The third kappa shape index (κ3) is 6.82.